The molecule has 1 heterocycles. The third-order valence-corrected chi connectivity index (χ3v) is 4.47. The van der Waals surface area contributed by atoms with Crippen LogP contribution in [-0.4, -0.2) is 42.1 Å². The molecule has 1 rings (SSSR count). The summed E-state index contributed by atoms with van der Waals surface area (Å²) in [7, 11) is 0. The fourth-order valence-corrected chi connectivity index (χ4v) is 3.11. The van der Waals surface area contributed by atoms with Gasteiger partial charge in [0.25, 0.3) is 0 Å². The summed E-state index contributed by atoms with van der Waals surface area (Å²) in [5.41, 5.74) is 0. The summed E-state index contributed by atoms with van der Waals surface area (Å²) in [5, 5.41) is 9.01. The van der Waals surface area contributed by atoms with E-state index in [1.165, 1.54) is 70.6 Å². The van der Waals surface area contributed by atoms with Crippen LogP contribution in [0.4, 0.5) is 0 Å². The molecule has 0 saturated carbocycles. The zero-order valence-corrected chi connectivity index (χ0v) is 14.1. The van der Waals surface area contributed by atoms with E-state index in [1.807, 2.05) is 6.21 Å². The minimum absolute atomic E-state index is 0.248. The van der Waals surface area contributed by atoms with Crippen LogP contribution in [0.3, 0.4) is 0 Å². The van der Waals surface area contributed by atoms with Gasteiger partial charge in [-0.1, -0.05) is 71.1 Å². The van der Waals surface area contributed by atoms with E-state index in [4.69, 9.17) is 5.11 Å². The van der Waals surface area contributed by atoms with Crippen molar-refractivity contribution in [2.24, 2.45) is 4.99 Å². The number of unbranched alkanes of at least 4 members (excludes halogenated alkanes) is 10. The topological polar surface area (TPSA) is 35.8 Å². The van der Waals surface area contributed by atoms with Crippen LogP contribution >= 0.6 is 0 Å². The second-order valence-electron chi connectivity index (χ2n) is 6.36. The molecule has 1 unspecified atom stereocenters. The maximum Gasteiger partial charge on any atom is 0.102 e. The smallest absolute Gasteiger partial charge is 0.102 e. The van der Waals surface area contributed by atoms with E-state index < -0.39 is 0 Å². The molecule has 1 N–H and O–H groups in total. The number of aliphatic hydroxyl groups excluding tert-OH is 1. The van der Waals surface area contributed by atoms with Gasteiger partial charge in [0, 0.05) is 19.3 Å². The normalized spacial score (nSPS) is 18.7. The second-order valence-corrected chi connectivity index (χ2v) is 6.36. The second kappa shape index (κ2) is 13.3. The van der Waals surface area contributed by atoms with Gasteiger partial charge in [-0.25, -0.2) is 0 Å². The fourth-order valence-electron chi connectivity index (χ4n) is 3.11. The highest BCUT2D eigenvalue weighted by atomic mass is 16.3. The Balaban J connectivity index is 1.83. The predicted octanol–water partition coefficient (Wildman–Crippen LogP) is 4.39. The van der Waals surface area contributed by atoms with Crippen LogP contribution < -0.4 is 0 Å². The van der Waals surface area contributed by atoms with Gasteiger partial charge in [-0.3, -0.25) is 9.89 Å². The highest BCUT2D eigenvalue weighted by Gasteiger charge is 2.19. The summed E-state index contributed by atoms with van der Waals surface area (Å²) in [6.07, 6.45) is 18.8. The van der Waals surface area contributed by atoms with Crippen LogP contribution in [0.1, 0.15) is 84.0 Å². The Labute approximate surface area is 131 Å². The monoisotopic (exact) mass is 296 g/mol. The number of aliphatic hydroxyl groups is 1. The van der Waals surface area contributed by atoms with Crippen LogP contribution in [0, 0.1) is 0 Å². The number of β-amino-alcohol motifs (C(OH)–C–C–N with tert-alkyl or cyclic N) is 1. The first-order chi connectivity index (χ1) is 10.4. The number of aliphatic imine (C=N–C) groups is 1. The molecule has 0 aromatic carbocycles. The average molecular weight is 296 g/mol. The molecule has 3 nitrogen and oxygen atoms in total. The molecule has 1 aliphatic rings. The van der Waals surface area contributed by atoms with E-state index in [1.54, 1.807) is 0 Å². The van der Waals surface area contributed by atoms with Crippen molar-refractivity contribution in [3.63, 3.8) is 0 Å². The van der Waals surface area contributed by atoms with Crippen molar-refractivity contribution < 1.29 is 5.11 Å². The SMILES string of the molecule is CCCCCCCCCCCCCC1N=CCN1CCO. The van der Waals surface area contributed by atoms with Gasteiger partial charge in [-0.15, -0.1) is 0 Å². The van der Waals surface area contributed by atoms with E-state index in [9.17, 15) is 0 Å². The van der Waals surface area contributed by atoms with Gasteiger partial charge in [0.15, 0.2) is 0 Å². The van der Waals surface area contributed by atoms with Gasteiger partial charge in [0.1, 0.15) is 6.17 Å². The molecule has 0 amide bonds. The number of hydrogen-bond acceptors (Lipinski definition) is 3. The van der Waals surface area contributed by atoms with Crippen molar-refractivity contribution in [1.82, 2.24) is 4.90 Å². The summed E-state index contributed by atoms with van der Waals surface area (Å²) < 4.78 is 0. The lowest BCUT2D eigenvalue weighted by Gasteiger charge is -2.21. The van der Waals surface area contributed by atoms with E-state index in [-0.39, 0.29) is 6.61 Å². The molecule has 0 saturated heterocycles. The first kappa shape index (κ1) is 18.6. The quantitative estimate of drug-likeness (QED) is 0.482. The first-order valence-corrected chi connectivity index (χ1v) is 9.25. The summed E-state index contributed by atoms with van der Waals surface area (Å²) in [6.45, 7) is 4.21. The van der Waals surface area contributed by atoms with Crippen LogP contribution in [0.5, 0.6) is 0 Å². The highest BCUT2D eigenvalue weighted by molar-refractivity contribution is 5.62. The Morgan fingerprint density at radius 3 is 2.10 bits per heavy atom. The van der Waals surface area contributed by atoms with Crippen molar-refractivity contribution >= 4 is 6.21 Å². The number of rotatable bonds is 14. The lowest BCUT2D eigenvalue weighted by Crippen LogP contribution is -2.32. The molecule has 0 aliphatic carbocycles. The first-order valence-electron chi connectivity index (χ1n) is 9.25. The van der Waals surface area contributed by atoms with E-state index in [2.05, 4.69) is 16.8 Å². The molecule has 124 valence electrons. The predicted molar refractivity (Wildman–Crippen MR) is 92.0 cm³/mol. The Morgan fingerprint density at radius 2 is 1.52 bits per heavy atom. The van der Waals surface area contributed by atoms with E-state index >= 15 is 0 Å². The molecule has 0 spiro atoms. The van der Waals surface area contributed by atoms with Crippen molar-refractivity contribution in [3.05, 3.63) is 0 Å². The van der Waals surface area contributed by atoms with Crippen molar-refractivity contribution in [3.8, 4) is 0 Å². The van der Waals surface area contributed by atoms with Gasteiger partial charge in [-0.05, 0) is 12.8 Å². The van der Waals surface area contributed by atoms with Crippen LogP contribution in [0.2, 0.25) is 0 Å². The molecule has 0 aromatic rings. The molecule has 0 aromatic heterocycles. The number of hydrogen-bond donors (Lipinski definition) is 1. The van der Waals surface area contributed by atoms with Gasteiger partial charge < -0.3 is 5.11 Å². The molecular weight excluding hydrogens is 260 g/mol. The zero-order chi connectivity index (χ0) is 15.2. The highest BCUT2D eigenvalue weighted by Crippen LogP contribution is 2.16. The van der Waals surface area contributed by atoms with Crippen LogP contribution in [0.15, 0.2) is 4.99 Å². The molecule has 0 fully saturated rings. The lowest BCUT2D eigenvalue weighted by atomic mass is 10.0. The standard InChI is InChI=1S/C18H36N2O/c1-2-3-4-5-6-7-8-9-10-11-12-13-18-19-14-15-20(18)16-17-21/h14,18,21H,2-13,15-17H2,1H3. The van der Waals surface area contributed by atoms with Crippen LogP contribution in [-0.2, 0) is 0 Å². The molecule has 1 aliphatic heterocycles. The molecule has 0 radical (unpaired) electrons. The van der Waals surface area contributed by atoms with Gasteiger partial charge in [-0.2, -0.15) is 0 Å². The summed E-state index contributed by atoms with van der Waals surface area (Å²) in [6, 6.07) is 0. The van der Waals surface area contributed by atoms with E-state index in [0.717, 1.165) is 19.5 Å². The van der Waals surface area contributed by atoms with Gasteiger partial charge in [0.2, 0.25) is 0 Å². The Bertz CT molecular complexity index is 256. The lowest BCUT2D eigenvalue weighted by molar-refractivity contribution is 0.176. The average Bonchev–Trinajstić information content (AvgIpc) is 2.92. The summed E-state index contributed by atoms with van der Waals surface area (Å²) in [5.74, 6) is 0. The summed E-state index contributed by atoms with van der Waals surface area (Å²) in [4.78, 5) is 6.78. The minimum Gasteiger partial charge on any atom is -0.395 e. The minimum atomic E-state index is 0.248. The maximum absolute atomic E-state index is 9.01. The third kappa shape index (κ3) is 9.26. The zero-order valence-electron chi connectivity index (χ0n) is 14.1. The largest absolute Gasteiger partial charge is 0.395 e. The van der Waals surface area contributed by atoms with Crippen molar-refractivity contribution in [1.29, 1.82) is 0 Å². The Morgan fingerprint density at radius 1 is 0.952 bits per heavy atom. The van der Waals surface area contributed by atoms with E-state index in [0.29, 0.717) is 6.17 Å². The summed E-state index contributed by atoms with van der Waals surface area (Å²) >= 11 is 0. The number of nitrogens with zero attached hydrogens (tertiary/aromatic N) is 2. The van der Waals surface area contributed by atoms with Gasteiger partial charge in [0.05, 0.1) is 6.61 Å². The molecule has 3 heteroatoms. The Kier molecular flexibility index (Phi) is 11.8. The van der Waals surface area contributed by atoms with Crippen LogP contribution in [0.25, 0.3) is 0 Å². The van der Waals surface area contributed by atoms with Crippen molar-refractivity contribution in [2.75, 3.05) is 19.7 Å². The molecular formula is C18H36N2O. The van der Waals surface area contributed by atoms with Gasteiger partial charge >= 0.3 is 0 Å². The molecule has 1 atom stereocenters. The Hall–Kier alpha value is -0.410. The third-order valence-electron chi connectivity index (χ3n) is 4.47. The molecule has 0 bridgehead atoms. The molecule has 21 heavy (non-hydrogen) atoms. The maximum atomic E-state index is 9.01. The fraction of sp³-hybridized carbons (Fsp3) is 0.944. The van der Waals surface area contributed by atoms with Crippen molar-refractivity contribution in [2.45, 2.75) is 90.1 Å².